The molecule has 2 fully saturated rings. The van der Waals surface area contributed by atoms with Crippen molar-refractivity contribution in [1.29, 1.82) is 0 Å². The van der Waals surface area contributed by atoms with Crippen LogP contribution in [0.1, 0.15) is 18.4 Å². The van der Waals surface area contributed by atoms with E-state index in [0.717, 1.165) is 52.2 Å². The van der Waals surface area contributed by atoms with Crippen LogP contribution in [0.2, 0.25) is 0 Å². The molecule has 9 heteroatoms. The van der Waals surface area contributed by atoms with E-state index < -0.39 is 0 Å². The number of hydrogen-bond acceptors (Lipinski definition) is 6. The van der Waals surface area contributed by atoms with Crippen LogP contribution in [0.4, 0.5) is 0 Å². The largest absolute Gasteiger partial charge is 0.496 e. The summed E-state index contributed by atoms with van der Waals surface area (Å²) in [6.07, 6.45) is 5.85. The van der Waals surface area contributed by atoms with E-state index in [0.29, 0.717) is 15.8 Å². The smallest absolute Gasteiger partial charge is 0.266 e. The Bertz CT molecular complexity index is 1270. The number of thiocarbonyl (C=S) groups is 1. The molecule has 3 aromatic rings. The van der Waals surface area contributed by atoms with Crippen LogP contribution in [0.25, 0.3) is 23.0 Å². The minimum atomic E-state index is -0.0835. The molecule has 0 aliphatic carbocycles. The van der Waals surface area contributed by atoms with Crippen molar-refractivity contribution in [3.63, 3.8) is 0 Å². The molecule has 0 spiro atoms. The van der Waals surface area contributed by atoms with E-state index in [1.165, 1.54) is 11.8 Å². The predicted molar refractivity (Wildman–Crippen MR) is 142 cm³/mol. The molecule has 2 saturated heterocycles. The maximum atomic E-state index is 13.2. The topological polar surface area (TPSA) is 56.6 Å². The minimum Gasteiger partial charge on any atom is -0.496 e. The summed E-state index contributed by atoms with van der Waals surface area (Å²) >= 11 is 10.4. The van der Waals surface area contributed by atoms with Gasteiger partial charge in [-0.25, -0.2) is 4.68 Å². The van der Waals surface area contributed by atoms with Gasteiger partial charge < -0.3 is 9.47 Å². The van der Waals surface area contributed by atoms with E-state index in [1.807, 2.05) is 65.5 Å². The SMILES string of the molecule is COc1ccc(-c2nn(-c3ccccc3)cc2C=C2SC(=S)N(CC3CCCO3)C2=O)cc1Br. The van der Waals surface area contributed by atoms with Gasteiger partial charge in [-0.05, 0) is 65.2 Å². The second-order valence-corrected chi connectivity index (χ2v) is 10.5. The lowest BCUT2D eigenvalue weighted by Gasteiger charge is -2.18. The van der Waals surface area contributed by atoms with Crippen molar-refractivity contribution in [3.8, 4) is 22.7 Å². The van der Waals surface area contributed by atoms with Gasteiger partial charge >= 0.3 is 0 Å². The Labute approximate surface area is 216 Å². The molecule has 3 heterocycles. The number of carbonyl (C=O) groups excluding carboxylic acids is 1. The molecule has 2 aliphatic rings. The first-order valence-electron chi connectivity index (χ1n) is 10.9. The van der Waals surface area contributed by atoms with E-state index in [4.69, 9.17) is 26.8 Å². The number of methoxy groups -OCH3 is 1. The van der Waals surface area contributed by atoms with Gasteiger partial charge in [0.2, 0.25) is 0 Å². The van der Waals surface area contributed by atoms with E-state index in [9.17, 15) is 4.79 Å². The molecule has 6 nitrogen and oxygen atoms in total. The second kappa shape index (κ2) is 10.0. The normalized spacial score (nSPS) is 19.4. The van der Waals surface area contributed by atoms with Gasteiger partial charge in [-0.3, -0.25) is 9.69 Å². The maximum absolute atomic E-state index is 13.2. The van der Waals surface area contributed by atoms with Gasteiger partial charge in [-0.1, -0.05) is 42.2 Å². The highest BCUT2D eigenvalue weighted by Gasteiger charge is 2.35. The highest BCUT2D eigenvalue weighted by atomic mass is 79.9. The van der Waals surface area contributed by atoms with E-state index in [2.05, 4.69) is 15.9 Å². The van der Waals surface area contributed by atoms with Crippen LogP contribution in [0.5, 0.6) is 5.75 Å². The molecule has 0 radical (unpaired) electrons. The number of halogens is 1. The lowest BCUT2D eigenvalue weighted by atomic mass is 10.1. The molecular weight excluding hydrogens is 534 g/mol. The van der Waals surface area contributed by atoms with E-state index >= 15 is 0 Å². The number of rotatable bonds is 6. The summed E-state index contributed by atoms with van der Waals surface area (Å²) in [6, 6.07) is 15.7. The Balaban J connectivity index is 1.53. The minimum absolute atomic E-state index is 0.0508. The van der Waals surface area contributed by atoms with Gasteiger partial charge in [-0.2, -0.15) is 5.10 Å². The first-order valence-corrected chi connectivity index (χ1v) is 12.9. The van der Waals surface area contributed by atoms with Gasteiger partial charge in [0.1, 0.15) is 15.8 Å². The number of aromatic nitrogens is 2. The fraction of sp³-hybridized carbons (Fsp3) is 0.240. The Morgan fingerprint density at radius 2 is 2.12 bits per heavy atom. The van der Waals surface area contributed by atoms with Crippen LogP contribution in [-0.4, -0.2) is 51.3 Å². The van der Waals surface area contributed by atoms with Crippen LogP contribution >= 0.6 is 39.9 Å². The lowest BCUT2D eigenvalue weighted by Crippen LogP contribution is -2.35. The number of ether oxygens (including phenoxy) is 2. The lowest BCUT2D eigenvalue weighted by molar-refractivity contribution is -0.123. The third-order valence-electron chi connectivity index (χ3n) is 5.76. The maximum Gasteiger partial charge on any atom is 0.266 e. The van der Waals surface area contributed by atoms with Gasteiger partial charge in [0.15, 0.2) is 0 Å². The standard InChI is InChI=1S/C25H22BrN3O3S2/c1-31-21-10-9-16(12-20(21)26)23-17(14-29(27-23)18-6-3-2-4-7-18)13-22-24(30)28(25(33)34-22)15-19-8-5-11-32-19/h2-4,6-7,9-10,12-14,19H,5,8,11,15H2,1H3. The van der Waals surface area contributed by atoms with Crippen LogP contribution in [-0.2, 0) is 9.53 Å². The summed E-state index contributed by atoms with van der Waals surface area (Å²) in [5, 5.41) is 4.86. The fourth-order valence-electron chi connectivity index (χ4n) is 4.03. The third kappa shape index (κ3) is 4.70. The van der Waals surface area contributed by atoms with Gasteiger partial charge in [0, 0.05) is 23.9 Å². The summed E-state index contributed by atoms with van der Waals surface area (Å²) in [4.78, 5) is 15.5. The molecule has 1 aromatic heterocycles. The van der Waals surface area contributed by atoms with Crippen molar-refractivity contribution < 1.29 is 14.3 Å². The summed E-state index contributed by atoms with van der Waals surface area (Å²) in [5.41, 5.74) is 3.43. The summed E-state index contributed by atoms with van der Waals surface area (Å²) in [7, 11) is 1.63. The molecule has 5 rings (SSSR count). The van der Waals surface area contributed by atoms with Gasteiger partial charge in [0.25, 0.3) is 5.91 Å². The molecule has 174 valence electrons. The summed E-state index contributed by atoms with van der Waals surface area (Å²) in [6.45, 7) is 1.25. The van der Waals surface area contributed by atoms with Crippen molar-refractivity contribution in [2.24, 2.45) is 0 Å². The average molecular weight is 557 g/mol. The number of thioether (sulfide) groups is 1. The van der Waals surface area contributed by atoms with Crippen molar-refractivity contribution in [2.75, 3.05) is 20.3 Å². The number of carbonyl (C=O) groups is 1. The van der Waals surface area contributed by atoms with Gasteiger partial charge in [0.05, 0.1) is 34.8 Å². The number of para-hydroxylation sites is 1. The van der Waals surface area contributed by atoms with Crippen LogP contribution in [0, 0.1) is 0 Å². The molecule has 2 aliphatic heterocycles. The monoisotopic (exact) mass is 555 g/mol. The Morgan fingerprint density at radius 1 is 1.29 bits per heavy atom. The van der Waals surface area contributed by atoms with Gasteiger partial charge in [-0.15, -0.1) is 0 Å². The zero-order chi connectivity index (χ0) is 23.7. The molecule has 1 atom stereocenters. The molecule has 1 unspecified atom stereocenters. The number of benzene rings is 2. The third-order valence-corrected chi connectivity index (χ3v) is 7.76. The first kappa shape index (κ1) is 23.3. The predicted octanol–water partition coefficient (Wildman–Crippen LogP) is 5.69. The van der Waals surface area contributed by atoms with Crippen LogP contribution in [0.3, 0.4) is 0 Å². The second-order valence-electron chi connectivity index (χ2n) is 7.99. The highest BCUT2D eigenvalue weighted by Crippen LogP contribution is 2.37. The van der Waals surface area contributed by atoms with Crippen LogP contribution in [0.15, 0.2) is 64.1 Å². The summed E-state index contributed by atoms with van der Waals surface area (Å²) < 4.78 is 14.3. The van der Waals surface area contributed by atoms with E-state index in [1.54, 1.807) is 12.0 Å². The Hall–Kier alpha value is -2.46. The van der Waals surface area contributed by atoms with Crippen LogP contribution < -0.4 is 4.74 Å². The molecule has 1 amide bonds. The average Bonchev–Trinajstić information content (AvgIpc) is 3.57. The molecule has 34 heavy (non-hydrogen) atoms. The molecule has 0 saturated carbocycles. The van der Waals surface area contributed by atoms with Crippen molar-refractivity contribution in [2.45, 2.75) is 18.9 Å². The number of hydrogen-bond donors (Lipinski definition) is 0. The Kier molecular flexibility index (Phi) is 6.87. The molecule has 0 N–H and O–H groups in total. The summed E-state index contributed by atoms with van der Waals surface area (Å²) in [5.74, 6) is 0.655. The van der Waals surface area contributed by atoms with E-state index in [-0.39, 0.29) is 12.0 Å². The van der Waals surface area contributed by atoms with Crippen molar-refractivity contribution in [1.82, 2.24) is 14.7 Å². The van der Waals surface area contributed by atoms with Crippen molar-refractivity contribution >= 4 is 56.2 Å². The molecular formula is C25H22BrN3O3S2. The highest BCUT2D eigenvalue weighted by molar-refractivity contribution is 9.10. The Morgan fingerprint density at radius 3 is 2.82 bits per heavy atom. The van der Waals surface area contributed by atoms with Crippen molar-refractivity contribution in [3.05, 3.63) is 69.7 Å². The fourth-order valence-corrected chi connectivity index (χ4v) is 5.84. The quantitative estimate of drug-likeness (QED) is 0.287. The number of amides is 1. The zero-order valence-corrected chi connectivity index (χ0v) is 21.7. The number of nitrogens with zero attached hydrogens (tertiary/aromatic N) is 3. The molecule has 0 bridgehead atoms. The molecule has 2 aromatic carbocycles. The first-order chi connectivity index (χ1) is 16.5. The zero-order valence-electron chi connectivity index (χ0n) is 18.4.